The Hall–Kier alpha value is -2.32. The second kappa shape index (κ2) is 8.37. The molecule has 2 nitrogen and oxygen atoms in total. The van der Waals surface area contributed by atoms with Crippen molar-refractivity contribution in [2.24, 2.45) is 0 Å². The fraction of sp³-hybridized carbons (Fsp3) is 0.333. The molecule has 0 saturated heterocycles. The lowest BCUT2D eigenvalue weighted by molar-refractivity contribution is 0.116. The fourth-order valence-electron chi connectivity index (χ4n) is 3.66. The van der Waals surface area contributed by atoms with E-state index in [0.717, 1.165) is 42.0 Å². The lowest BCUT2D eigenvalue weighted by Crippen LogP contribution is -2.11. The van der Waals surface area contributed by atoms with Crippen LogP contribution < -0.4 is 0 Å². The third-order valence-corrected chi connectivity index (χ3v) is 5.05. The first-order valence-corrected chi connectivity index (χ1v) is 9.47. The van der Waals surface area contributed by atoms with Gasteiger partial charge in [-0.25, -0.2) is 0 Å². The van der Waals surface area contributed by atoms with E-state index >= 15 is 0 Å². The van der Waals surface area contributed by atoms with E-state index in [1.54, 1.807) is 6.07 Å². The van der Waals surface area contributed by atoms with Crippen LogP contribution in [0.3, 0.4) is 0 Å². The molecule has 2 heteroatoms. The molecule has 1 heterocycles. The molecule has 0 spiro atoms. The number of ether oxygens (including phenoxy) is 1. The number of hydrogen-bond acceptors (Lipinski definition) is 2. The summed E-state index contributed by atoms with van der Waals surface area (Å²) < 4.78 is 5.91. The van der Waals surface area contributed by atoms with E-state index in [9.17, 15) is 5.11 Å². The largest absolute Gasteiger partial charge is 0.507 e. The highest BCUT2D eigenvalue weighted by Gasteiger charge is 2.21. The Labute approximate surface area is 156 Å². The van der Waals surface area contributed by atoms with Crippen LogP contribution in [-0.4, -0.2) is 17.8 Å². The van der Waals surface area contributed by atoms with Gasteiger partial charge in [0.25, 0.3) is 0 Å². The van der Waals surface area contributed by atoms with Crippen LogP contribution >= 0.6 is 0 Å². The number of phenols is 1. The van der Waals surface area contributed by atoms with Crippen molar-refractivity contribution in [3.8, 4) is 5.75 Å². The second-order valence-electron chi connectivity index (χ2n) is 7.08. The first kappa shape index (κ1) is 18.5. The Bertz CT molecular complexity index is 858. The summed E-state index contributed by atoms with van der Waals surface area (Å²) in [6.07, 6.45) is 8.71. The maximum Gasteiger partial charge on any atom is 0.123 e. The first-order valence-electron chi connectivity index (χ1n) is 9.47. The van der Waals surface area contributed by atoms with E-state index in [-0.39, 0.29) is 6.10 Å². The quantitative estimate of drug-likeness (QED) is 0.626. The van der Waals surface area contributed by atoms with Crippen LogP contribution in [-0.2, 0) is 4.74 Å². The van der Waals surface area contributed by atoms with Crippen molar-refractivity contribution in [2.45, 2.75) is 45.6 Å². The van der Waals surface area contributed by atoms with Gasteiger partial charge < -0.3 is 9.84 Å². The third-order valence-electron chi connectivity index (χ3n) is 5.05. The van der Waals surface area contributed by atoms with Crippen LogP contribution in [0, 0.1) is 0 Å². The first-order chi connectivity index (χ1) is 12.6. The Balaban J connectivity index is 1.71. The molecule has 2 aromatic rings. The molecule has 1 atom stereocenters. The average Bonchev–Trinajstić information content (AvgIpc) is 3.11. The number of allylic oxidation sites excluding steroid dienone is 1. The zero-order valence-corrected chi connectivity index (χ0v) is 15.8. The smallest absolute Gasteiger partial charge is 0.123 e. The molecular weight excluding hydrogens is 320 g/mol. The zero-order chi connectivity index (χ0) is 18.5. The number of fused-ring (bicyclic) bond motifs is 1. The molecule has 0 bridgehead atoms. The van der Waals surface area contributed by atoms with Gasteiger partial charge in [0, 0.05) is 5.39 Å². The van der Waals surface area contributed by atoms with Crippen LogP contribution in [0.4, 0.5) is 0 Å². The van der Waals surface area contributed by atoms with Crippen molar-refractivity contribution < 1.29 is 9.84 Å². The van der Waals surface area contributed by atoms with E-state index < -0.39 is 0 Å². The zero-order valence-electron chi connectivity index (χ0n) is 15.8. The van der Waals surface area contributed by atoms with Gasteiger partial charge in [0.1, 0.15) is 5.75 Å². The van der Waals surface area contributed by atoms with E-state index in [4.69, 9.17) is 4.74 Å². The Morgan fingerprint density at radius 1 is 1.19 bits per heavy atom. The number of phenolic OH excluding ortho intramolecular Hbond substituents is 1. The summed E-state index contributed by atoms with van der Waals surface area (Å²) in [5, 5.41) is 12.0. The summed E-state index contributed by atoms with van der Waals surface area (Å²) in [7, 11) is 0. The topological polar surface area (TPSA) is 29.5 Å². The van der Waals surface area contributed by atoms with E-state index in [1.165, 1.54) is 16.7 Å². The molecular formula is C24H28O2. The summed E-state index contributed by atoms with van der Waals surface area (Å²) in [5.74, 6) is 0.332. The van der Waals surface area contributed by atoms with Crippen molar-refractivity contribution in [1.82, 2.24) is 0 Å². The van der Waals surface area contributed by atoms with E-state index in [2.05, 4.69) is 38.6 Å². The summed E-state index contributed by atoms with van der Waals surface area (Å²) in [5.41, 5.74) is 4.99. The maximum absolute atomic E-state index is 10.0. The van der Waals surface area contributed by atoms with Crippen LogP contribution in [0.1, 0.15) is 45.1 Å². The molecule has 136 valence electrons. The van der Waals surface area contributed by atoms with Crippen molar-refractivity contribution >= 4 is 16.8 Å². The van der Waals surface area contributed by atoms with Crippen molar-refractivity contribution in [3.63, 3.8) is 0 Å². The third kappa shape index (κ3) is 4.08. The molecule has 2 aromatic carbocycles. The molecule has 1 unspecified atom stereocenters. The number of rotatable bonds is 7. The summed E-state index contributed by atoms with van der Waals surface area (Å²) in [4.78, 5) is 0. The molecule has 0 amide bonds. The fourth-order valence-corrected chi connectivity index (χ4v) is 3.66. The minimum Gasteiger partial charge on any atom is -0.507 e. The van der Waals surface area contributed by atoms with E-state index in [0.29, 0.717) is 12.4 Å². The molecule has 1 N–H and O–H groups in total. The molecule has 0 radical (unpaired) electrons. The normalized spacial score (nSPS) is 17.5. The molecule has 26 heavy (non-hydrogen) atoms. The molecule has 1 aliphatic rings. The van der Waals surface area contributed by atoms with Crippen LogP contribution in [0.5, 0.6) is 5.75 Å². The van der Waals surface area contributed by atoms with Crippen molar-refractivity contribution in [2.75, 3.05) is 6.61 Å². The lowest BCUT2D eigenvalue weighted by atomic mass is 9.94. The van der Waals surface area contributed by atoms with Gasteiger partial charge in [0.05, 0.1) is 12.7 Å². The van der Waals surface area contributed by atoms with Gasteiger partial charge in [-0.1, -0.05) is 68.0 Å². The van der Waals surface area contributed by atoms with Gasteiger partial charge >= 0.3 is 0 Å². The molecule has 0 fully saturated rings. The predicted octanol–water partition coefficient (Wildman–Crippen LogP) is 6.41. The number of hydrogen-bond donors (Lipinski definition) is 1. The monoisotopic (exact) mass is 348 g/mol. The summed E-state index contributed by atoms with van der Waals surface area (Å²) in [6, 6.07) is 11.7. The maximum atomic E-state index is 10.0. The Morgan fingerprint density at radius 3 is 2.73 bits per heavy atom. The average molecular weight is 348 g/mol. The number of aromatic hydroxyl groups is 1. The van der Waals surface area contributed by atoms with Gasteiger partial charge in [-0.3, -0.25) is 0 Å². The summed E-state index contributed by atoms with van der Waals surface area (Å²) in [6.45, 7) is 9.28. The Kier molecular flexibility index (Phi) is 5.95. The molecule has 0 saturated carbocycles. The van der Waals surface area contributed by atoms with Crippen LogP contribution in [0.25, 0.3) is 16.8 Å². The minimum atomic E-state index is 0.175. The minimum absolute atomic E-state index is 0.175. The highest BCUT2D eigenvalue weighted by atomic mass is 16.5. The van der Waals surface area contributed by atoms with E-state index in [1.807, 2.05) is 24.3 Å². The highest BCUT2D eigenvalue weighted by molar-refractivity contribution is 5.94. The molecule has 3 rings (SSSR count). The lowest BCUT2D eigenvalue weighted by Gasteiger charge is -2.17. The molecule has 1 aliphatic heterocycles. The van der Waals surface area contributed by atoms with Crippen molar-refractivity contribution in [3.05, 3.63) is 71.3 Å². The summed E-state index contributed by atoms with van der Waals surface area (Å²) >= 11 is 0. The van der Waals surface area contributed by atoms with Crippen molar-refractivity contribution in [1.29, 1.82) is 0 Å². The van der Waals surface area contributed by atoms with Crippen LogP contribution in [0.15, 0.2) is 65.8 Å². The number of benzene rings is 2. The van der Waals surface area contributed by atoms with Gasteiger partial charge in [-0.15, -0.1) is 0 Å². The molecule has 0 aliphatic carbocycles. The second-order valence-corrected chi connectivity index (χ2v) is 7.08. The van der Waals surface area contributed by atoms with Crippen LogP contribution in [0.2, 0.25) is 0 Å². The Morgan fingerprint density at radius 2 is 1.96 bits per heavy atom. The standard InChI is InChI=1S/C24H28O2/c1-4-7-18(3)20-14-15-26-24(20)13-10-17(2)16-19-11-12-23(25)22-9-6-5-8-21(19)22/h5-6,8-9,11-12,14,16,24-25H,3-4,7,10,13,15H2,1-2H3/b17-16+. The SMILES string of the molecule is C=C(CCC)C1=CCOC1CC/C(C)=C/c1ccc(O)c2ccccc12. The van der Waals surface area contributed by atoms with Gasteiger partial charge in [0.2, 0.25) is 0 Å². The van der Waals surface area contributed by atoms with Gasteiger partial charge in [-0.05, 0) is 54.3 Å². The molecule has 0 aromatic heterocycles. The van der Waals surface area contributed by atoms with Gasteiger partial charge in [-0.2, -0.15) is 0 Å². The highest BCUT2D eigenvalue weighted by Crippen LogP contribution is 2.31. The van der Waals surface area contributed by atoms with Gasteiger partial charge in [0.15, 0.2) is 0 Å². The predicted molar refractivity (Wildman–Crippen MR) is 110 cm³/mol.